The minimum absolute atomic E-state index is 0.0419. The first-order valence-electron chi connectivity index (χ1n) is 14.5. The van der Waals surface area contributed by atoms with Crippen LogP contribution in [0.1, 0.15) is 58.9 Å². The number of nitrogens with zero attached hydrogens (tertiary/aromatic N) is 2. The van der Waals surface area contributed by atoms with Crippen LogP contribution in [0.4, 0.5) is 0 Å². The van der Waals surface area contributed by atoms with Gasteiger partial charge in [0.2, 0.25) is 11.8 Å². The summed E-state index contributed by atoms with van der Waals surface area (Å²) in [6.07, 6.45) is 5.06. The molecule has 1 fully saturated rings. The van der Waals surface area contributed by atoms with Crippen LogP contribution in [0.25, 0.3) is 0 Å². The zero-order valence-corrected chi connectivity index (χ0v) is 25.9. The summed E-state index contributed by atoms with van der Waals surface area (Å²) in [6, 6.07) is 7.22. The van der Waals surface area contributed by atoms with Crippen molar-refractivity contribution in [3.8, 4) is 5.75 Å². The van der Waals surface area contributed by atoms with E-state index in [1.165, 1.54) is 24.0 Å². The summed E-state index contributed by atoms with van der Waals surface area (Å²) in [4.78, 5) is 51.3. The van der Waals surface area contributed by atoms with Gasteiger partial charge in [-0.2, -0.15) is 0 Å². The molecule has 11 nitrogen and oxygen atoms in total. The normalized spacial score (nSPS) is 18.7. The molecule has 3 atom stereocenters. The maximum Gasteiger partial charge on any atom is 0.254 e. The molecular formula is C30H51N5O6. The second-order valence-corrected chi connectivity index (χ2v) is 10.5. The molecule has 1 aromatic rings. The zero-order valence-electron chi connectivity index (χ0n) is 25.9. The molecule has 4 N–H and O–H groups in total. The summed E-state index contributed by atoms with van der Waals surface area (Å²) in [5, 5.41) is 5.32. The maximum absolute atomic E-state index is 13.0. The van der Waals surface area contributed by atoms with Crippen molar-refractivity contribution in [1.82, 2.24) is 20.4 Å². The second kappa shape index (κ2) is 18.4. The third-order valence-corrected chi connectivity index (χ3v) is 7.30. The lowest BCUT2D eigenvalue weighted by molar-refractivity contribution is -0.152. The first kappa shape index (κ1) is 36.0. The molecule has 0 aliphatic carbocycles. The summed E-state index contributed by atoms with van der Waals surface area (Å²) in [6.45, 7) is 8.67. The Morgan fingerprint density at radius 3 is 2.49 bits per heavy atom. The van der Waals surface area contributed by atoms with Gasteiger partial charge in [0.25, 0.3) is 5.91 Å². The van der Waals surface area contributed by atoms with Crippen molar-refractivity contribution < 1.29 is 28.7 Å². The van der Waals surface area contributed by atoms with Gasteiger partial charge in [-0.15, -0.1) is 0 Å². The van der Waals surface area contributed by atoms with Crippen molar-refractivity contribution in [2.45, 2.75) is 83.5 Å². The van der Waals surface area contributed by atoms with Crippen LogP contribution in [-0.4, -0.2) is 105 Å². The fourth-order valence-electron chi connectivity index (χ4n) is 4.83. The Morgan fingerprint density at radius 2 is 1.93 bits per heavy atom. The Labute approximate surface area is 245 Å². The number of hydrogen-bond donors (Lipinski definition) is 3. The topological polar surface area (TPSA) is 143 Å². The number of benzene rings is 1. The largest absolute Gasteiger partial charge is 0.493 e. The number of aldehydes is 1. The van der Waals surface area contributed by atoms with Crippen LogP contribution >= 0.6 is 0 Å². The van der Waals surface area contributed by atoms with E-state index in [0.29, 0.717) is 25.7 Å². The number of carbonyl (C=O) groups excluding carboxylic acids is 4. The van der Waals surface area contributed by atoms with Gasteiger partial charge in [0, 0.05) is 26.2 Å². The lowest BCUT2D eigenvalue weighted by atomic mass is 10.1. The number of nitrogens with two attached hydrogens (primary N) is 1. The summed E-state index contributed by atoms with van der Waals surface area (Å²) in [5.74, 6) is 0.120. The summed E-state index contributed by atoms with van der Waals surface area (Å²) in [5.41, 5.74) is 5.72. The van der Waals surface area contributed by atoms with E-state index < -0.39 is 11.6 Å². The van der Waals surface area contributed by atoms with Gasteiger partial charge >= 0.3 is 0 Å². The molecular weight excluding hydrogens is 526 g/mol. The number of primary amides is 1. The van der Waals surface area contributed by atoms with Crippen LogP contribution in [-0.2, 0) is 30.3 Å². The summed E-state index contributed by atoms with van der Waals surface area (Å²) in [7, 11) is 4.93. The minimum atomic E-state index is -1.07. The Morgan fingerprint density at radius 1 is 1.24 bits per heavy atom. The number of para-hydroxylation sites is 1. The van der Waals surface area contributed by atoms with Gasteiger partial charge in [0.05, 0.1) is 19.2 Å². The van der Waals surface area contributed by atoms with E-state index in [0.717, 1.165) is 25.2 Å². The highest BCUT2D eigenvalue weighted by molar-refractivity contribution is 5.85. The van der Waals surface area contributed by atoms with Gasteiger partial charge in [-0.1, -0.05) is 32.0 Å². The Kier molecular flexibility index (Phi) is 16.2. The fraction of sp³-hybridized carbons (Fsp3) is 0.667. The van der Waals surface area contributed by atoms with Crippen molar-refractivity contribution in [1.29, 1.82) is 0 Å². The number of methoxy groups -OCH3 is 1. The standard InChI is InChI=1S/C19H35N5O5.C9H10O.C2H6/c1-19(2,29-5)18(28)24(11-13(12-25)22-16(26)10-21-3)9-8-14-6-7-15(17(20)27)23(14)4;1-2-6-9-8(4-1)5-3-7-10-9;1-2/h12-15,21H,6-11H2,1-5H3,(H2,20,27)(H,22,26);1-2,4,6H,3,5,7H2;1-2H3. The average Bonchev–Trinajstić information content (AvgIpc) is 3.36. The third kappa shape index (κ3) is 11.4. The molecule has 3 rings (SSSR count). The molecule has 2 heterocycles. The van der Waals surface area contributed by atoms with Gasteiger partial charge < -0.3 is 35.5 Å². The number of ether oxygens (including phenoxy) is 2. The van der Waals surface area contributed by atoms with Crippen molar-refractivity contribution in [2.24, 2.45) is 5.73 Å². The fourth-order valence-corrected chi connectivity index (χ4v) is 4.83. The van der Waals surface area contributed by atoms with E-state index >= 15 is 0 Å². The van der Waals surface area contributed by atoms with Crippen LogP contribution in [0.3, 0.4) is 0 Å². The van der Waals surface area contributed by atoms with Gasteiger partial charge in [0.15, 0.2) is 0 Å². The number of hydrogen-bond acceptors (Lipinski definition) is 8. The molecule has 2 aliphatic heterocycles. The molecule has 2 aliphatic rings. The van der Waals surface area contributed by atoms with Crippen LogP contribution in [0, 0.1) is 0 Å². The summed E-state index contributed by atoms with van der Waals surface area (Å²) < 4.78 is 10.7. The lowest BCUT2D eigenvalue weighted by Gasteiger charge is -2.34. The van der Waals surface area contributed by atoms with Crippen molar-refractivity contribution >= 4 is 24.0 Å². The molecule has 0 bridgehead atoms. The Hall–Kier alpha value is -3.02. The number of nitrogens with one attached hydrogen (secondary N) is 2. The molecule has 3 amide bonds. The first-order valence-corrected chi connectivity index (χ1v) is 14.5. The maximum atomic E-state index is 13.0. The van der Waals surface area contributed by atoms with E-state index in [1.54, 1.807) is 20.9 Å². The van der Waals surface area contributed by atoms with E-state index in [1.807, 2.05) is 37.9 Å². The highest BCUT2D eigenvalue weighted by atomic mass is 16.5. The number of carbonyl (C=O) groups is 4. The van der Waals surface area contributed by atoms with Crippen LogP contribution < -0.4 is 21.1 Å². The predicted molar refractivity (Wildman–Crippen MR) is 160 cm³/mol. The first-order chi connectivity index (χ1) is 19.5. The number of aryl methyl sites for hydroxylation is 1. The quantitative estimate of drug-likeness (QED) is 0.317. The predicted octanol–water partition coefficient (Wildman–Crippen LogP) is 1.52. The van der Waals surface area contributed by atoms with Crippen molar-refractivity contribution in [3.63, 3.8) is 0 Å². The highest BCUT2D eigenvalue weighted by Crippen LogP contribution is 2.25. The molecule has 1 saturated heterocycles. The molecule has 3 unspecified atom stereocenters. The van der Waals surface area contributed by atoms with Gasteiger partial charge in [-0.25, -0.2) is 0 Å². The molecule has 41 heavy (non-hydrogen) atoms. The average molecular weight is 578 g/mol. The van der Waals surface area contributed by atoms with E-state index in [4.69, 9.17) is 15.2 Å². The Balaban J connectivity index is 0.000000573. The highest BCUT2D eigenvalue weighted by Gasteiger charge is 2.36. The third-order valence-electron chi connectivity index (χ3n) is 7.30. The SMILES string of the molecule is CC.CNCC(=O)NC(C=O)CN(CCC1CCC(C(N)=O)N1C)C(=O)C(C)(C)OC.c1ccc2c(c1)CCCO2. The van der Waals surface area contributed by atoms with Crippen molar-refractivity contribution in [3.05, 3.63) is 29.8 Å². The number of amides is 3. The number of likely N-dealkylation sites (N-methyl/N-ethyl adjacent to an activating group) is 2. The van der Waals surface area contributed by atoms with Crippen LogP contribution in [0.5, 0.6) is 5.75 Å². The molecule has 0 aromatic heterocycles. The van der Waals surface area contributed by atoms with E-state index in [2.05, 4.69) is 22.8 Å². The van der Waals surface area contributed by atoms with Crippen LogP contribution in [0.15, 0.2) is 24.3 Å². The molecule has 1 aromatic carbocycles. The Bertz CT molecular complexity index is 947. The van der Waals surface area contributed by atoms with Crippen LogP contribution in [0.2, 0.25) is 0 Å². The zero-order chi connectivity index (χ0) is 31.0. The molecule has 11 heteroatoms. The number of likely N-dealkylation sites (tertiary alicyclic amines) is 1. The van der Waals surface area contributed by atoms with Crippen molar-refractivity contribution in [2.75, 3.05) is 47.4 Å². The number of rotatable bonds is 12. The molecule has 0 radical (unpaired) electrons. The monoisotopic (exact) mass is 577 g/mol. The molecule has 0 spiro atoms. The molecule has 0 saturated carbocycles. The summed E-state index contributed by atoms with van der Waals surface area (Å²) >= 11 is 0. The second-order valence-electron chi connectivity index (χ2n) is 10.5. The van der Waals surface area contributed by atoms with E-state index in [9.17, 15) is 19.2 Å². The van der Waals surface area contributed by atoms with Gasteiger partial charge in [-0.05, 0) is 71.7 Å². The smallest absolute Gasteiger partial charge is 0.254 e. The number of fused-ring (bicyclic) bond motifs is 1. The van der Waals surface area contributed by atoms with Gasteiger partial charge in [0.1, 0.15) is 23.7 Å². The van der Waals surface area contributed by atoms with Gasteiger partial charge in [-0.3, -0.25) is 19.3 Å². The minimum Gasteiger partial charge on any atom is -0.493 e. The molecule has 232 valence electrons. The van der Waals surface area contributed by atoms with E-state index in [-0.39, 0.29) is 42.9 Å². The lowest BCUT2D eigenvalue weighted by Crippen LogP contribution is -2.54.